The van der Waals surface area contributed by atoms with Gasteiger partial charge in [-0.1, -0.05) is 17.7 Å². The summed E-state index contributed by atoms with van der Waals surface area (Å²) in [6.45, 7) is 3.25. The number of hydrogen-bond acceptors (Lipinski definition) is 6. The monoisotopic (exact) mass is 371 g/mol. The second kappa shape index (κ2) is 6.88. The van der Waals surface area contributed by atoms with Gasteiger partial charge in [-0.05, 0) is 30.3 Å². The summed E-state index contributed by atoms with van der Waals surface area (Å²) in [5, 5.41) is 3.75. The lowest BCUT2D eigenvalue weighted by molar-refractivity contribution is 0.518. The molecule has 0 spiro atoms. The van der Waals surface area contributed by atoms with E-state index in [1.807, 2.05) is 35.2 Å². The topological polar surface area (TPSA) is 65.8 Å². The van der Waals surface area contributed by atoms with Crippen molar-refractivity contribution in [3.63, 3.8) is 0 Å². The summed E-state index contributed by atoms with van der Waals surface area (Å²) < 4.78 is 5.26. The lowest BCUT2D eigenvalue weighted by Gasteiger charge is -2.38. The molecule has 1 fully saturated rings. The zero-order valence-electron chi connectivity index (χ0n) is 14.1. The number of nitrogens with zero attached hydrogens (tertiary/aromatic N) is 2. The van der Waals surface area contributed by atoms with Crippen LogP contribution < -0.4 is 26.0 Å². The molecule has 26 heavy (non-hydrogen) atoms. The predicted octanol–water partition coefficient (Wildman–Crippen LogP) is 2.47. The largest absolute Gasteiger partial charge is 0.467 e. The molecule has 7 heteroatoms. The second-order valence-electron chi connectivity index (χ2n) is 6.27. The maximum atomic E-state index is 12.1. The van der Waals surface area contributed by atoms with Crippen molar-refractivity contribution in [2.45, 2.75) is 6.54 Å². The number of anilines is 3. The van der Waals surface area contributed by atoms with Gasteiger partial charge in [0.1, 0.15) is 17.1 Å². The van der Waals surface area contributed by atoms with Crippen molar-refractivity contribution in [1.29, 1.82) is 0 Å². The fourth-order valence-corrected chi connectivity index (χ4v) is 3.48. The van der Waals surface area contributed by atoms with Crippen molar-refractivity contribution in [2.75, 3.05) is 41.3 Å². The summed E-state index contributed by atoms with van der Waals surface area (Å²) in [5.41, 5.74) is 1.08. The number of hydrogen-bond donors (Lipinski definition) is 1. The first-order valence-electron chi connectivity index (χ1n) is 8.48. The Morgan fingerprint density at radius 2 is 1.77 bits per heavy atom. The van der Waals surface area contributed by atoms with E-state index >= 15 is 0 Å². The van der Waals surface area contributed by atoms with Crippen molar-refractivity contribution in [1.82, 2.24) is 0 Å². The molecule has 0 radical (unpaired) electrons. The van der Waals surface area contributed by atoms with Crippen LogP contribution in [-0.4, -0.2) is 26.2 Å². The molecule has 3 aromatic rings. The van der Waals surface area contributed by atoms with Crippen molar-refractivity contribution >= 4 is 28.7 Å². The maximum Gasteiger partial charge on any atom is 0.253 e. The minimum Gasteiger partial charge on any atom is -0.467 e. The zero-order valence-corrected chi connectivity index (χ0v) is 14.8. The Hall–Kier alpha value is -2.73. The van der Waals surface area contributed by atoms with Gasteiger partial charge in [-0.3, -0.25) is 9.59 Å². The summed E-state index contributed by atoms with van der Waals surface area (Å²) in [4.78, 5) is 28.2. The van der Waals surface area contributed by atoms with E-state index in [1.54, 1.807) is 12.3 Å². The number of benzene rings is 1. The Morgan fingerprint density at radius 3 is 2.46 bits per heavy atom. The third kappa shape index (κ3) is 3.08. The molecular formula is C19H18ClN3O3. The zero-order chi connectivity index (χ0) is 18.1. The Bertz CT molecular complexity index is 969. The smallest absolute Gasteiger partial charge is 0.253 e. The van der Waals surface area contributed by atoms with Crippen LogP contribution in [0.15, 0.2) is 56.7 Å². The molecular weight excluding hydrogens is 354 g/mol. The number of piperazine rings is 1. The van der Waals surface area contributed by atoms with Crippen LogP contribution in [0.5, 0.6) is 0 Å². The molecule has 0 bridgehead atoms. The van der Waals surface area contributed by atoms with Gasteiger partial charge in [0.2, 0.25) is 0 Å². The quantitative estimate of drug-likeness (QED) is 0.695. The van der Waals surface area contributed by atoms with Gasteiger partial charge >= 0.3 is 0 Å². The summed E-state index contributed by atoms with van der Waals surface area (Å²) >= 11 is 6.06. The highest BCUT2D eigenvalue weighted by atomic mass is 35.5. The molecule has 134 valence electrons. The Morgan fingerprint density at radius 1 is 1.00 bits per heavy atom. The fraction of sp³-hybridized carbons (Fsp3) is 0.263. The van der Waals surface area contributed by atoms with Crippen LogP contribution in [0, 0.1) is 0 Å². The maximum absolute atomic E-state index is 12.1. The van der Waals surface area contributed by atoms with Crippen molar-refractivity contribution in [3.8, 4) is 0 Å². The summed E-state index contributed by atoms with van der Waals surface area (Å²) in [7, 11) is 0. The average Bonchev–Trinajstić information content (AvgIpc) is 3.18. The van der Waals surface area contributed by atoms with E-state index in [4.69, 9.17) is 16.0 Å². The highest BCUT2D eigenvalue weighted by molar-refractivity contribution is 6.30. The molecule has 1 saturated heterocycles. The van der Waals surface area contributed by atoms with Gasteiger partial charge in [-0.25, -0.2) is 0 Å². The summed E-state index contributed by atoms with van der Waals surface area (Å²) in [6, 6.07) is 11.3. The predicted molar refractivity (Wildman–Crippen MR) is 103 cm³/mol. The van der Waals surface area contributed by atoms with Gasteiger partial charge in [-0.2, -0.15) is 0 Å². The second-order valence-corrected chi connectivity index (χ2v) is 6.71. The first-order valence-corrected chi connectivity index (χ1v) is 8.86. The molecule has 1 N–H and O–H groups in total. The van der Waals surface area contributed by atoms with Crippen LogP contribution in [0.3, 0.4) is 0 Å². The van der Waals surface area contributed by atoms with E-state index in [9.17, 15) is 9.59 Å². The van der Waals surface area contributed by atoms with Crippen molar-refractivity contribution < 1.29 is 4.42 Å². The van der Waals surface area contributed by atoms with Crippen LogP contribution in [0.2, 0.25) is 5.02 Å². The Kier molecular flexibility index (Phi) is 4.42. The van der Waals surface area contributed by atoms with Gasteiger partial charge in [0.25, 0.3) is 10.9 Å². The number of nitrogens with one attached hydrogen (secondary N) is 1. The lowest BCUT2D eigenvalue weighted by Crippen LogP contribution is -2.51. The van der Waals surface area contributed by atoms with Crippen LogP contribution in [0.1, 0.15) is 5.76 Å². The SMILES string of the molecule is O=c1c(NCc2ccco2)c(N2CCN(c3cccc(Cl)c3)CC2)c1=O. The Labute approximate surface area is 155 Å². The third-order valence-electron chi connectivity index (χ3n) is 4.67. The van der Waals surface area contributed by atoms with Crippen LogP contribution in [0.4, 0.5) is 17.1 Å². The molecule has 2 aromatic carbocycles. The summed E-state index contributed by atoms with van der Waals surface area (Å²) in [6.07, 6.45) is 1.58. The van der Waals surface area contributed by atoms with E-state index in [2.05, 4.69) is 10.2 Å². The van der Waals surface area contributed by atoms with Gasteiger partial charge in [0, 0.05) is 36.9 Å². The molecule has 1 aromatic heterocycles. The van der Waals surface area contributed by atoms with Crippen LogP contribution >= 0.6 is 11.6 Å². The van der Waals surface area contributed by atoms with Crippen molar-refractivity contribution in [2.24, 2.45) is 0 Å². The van der Waals surface area contributed by atoms with Crippen LogP contribution in [0.25, 0.3) is 0 Å². The fourth-order valence-electron chi connectivity index (χ4n) is 3.30. The molecule has 0 atom stereocenters. The lowest BCUT2D eigenvalue weighted by atomic mass is 10.1. The molecule has 6 nitrogen and oxygen atoms in total. The molecule has 1 aliphatic rings. The first-order chi connectivity index (χ1) is 12.6. The molecule has 2 heterocycles. The van der Waals surface area contributed by atoms with Gasteiger partial charge in [-0.15, -0.1) is 0 Å². The average molecular weight is 372 g/mol. The number of furan rings is 1. The van der Waals surface area contributed by atoms with E-state index in [-0.39, 0.29) is 0 Å². The number of halogens is 1. The number of rotatable bonds is 5. The molecule has 0 unspecified atom stereocenters. The molecule has 4 rings (SSSR count). The van der Waals surface area contributed by atoms with Crippen LogP contribution in [-0.2, 0) is 6.54 Å². The van der Waals surface area contributed by atoms with E-state index in [0.717, 1.165) is 24.5 Å². The molecule has 0 amide bonds. The third-order valence-corrected chi connectivity index (χ3v) is 4.91. The normalized spacial score (nSPS) is 14.8. The van der Waals surface area contributed by atoms with Crippen molar-refractivity contribution in [3.05, 3.63) is 73.9 Å². The van der Waals surface area contributed by atoms with Gasteiger partial charge in [0.15, 0.2) is 0 Å². The first kappa shape index (κ1) is 16.7. The highest BCUT2D eigenvalue weighted by Crippen LogP contribution is 2.25. The van der Waals surface area contributed by atoms with E-state index in [0.29, 0.717) is 36.0 Å². The summed E-state index contributed by atoms with van der Waals surface area (Å²) in [5.74, 6) is 0.717. The van der Waals surface area contributed by atoms with Gasteiger partial charge < -0.3 is 19.5 Å². The molecule has 0 aliphatic carbocycles. The van der Waals surface area contributed by atoms with E-state index in [1.165, 1.54) is 0 Å². The Balaban J connectivity index is 1.44. The van der Waals surface area contributed by atoms with Gasteiger partial charge in [0.05, 0.1) is 12.8 Å². The minimum atomic E-state index is -0.455. The molecule has 1 aliphatic heterocycles. The standard InChI is InChI=1S/C19H18ClN3O3/c20-13-3-1-4-14(11-13)22-6-8-23(9-7-22)17-16(18(24)19(17)25)21-12-15-5-2-10-26-15/h1-5,10-11,21H,6-9,12H2. The van der Waals surface area contributed by atoms with E-state index < -0.39 is 10.9 Å². The molecule has 0 saturated carbocycles. The minimum absolute atomic E-state index is 0.382. The highest BCUT2D eigenvalue weighted by Gasteiger charge is 2.28.